The molecule has 0 radical (unpaired) electrons. The molecular weight excluding hydrogens is 381 g/mol. The molecule has 0 unspecified atom stereocenters. The van der Waals surface area contributed by atoms with Crippen LogP contribution < -0.4 is 5.32 Å². The number of aromatic nitrogens is 3. The van der Waals surface area contributed by atoms with E-state index in [0.29, 0.717) is 13.1 Å². The number of amides is 1. The first kappa shape index (κ1) is 18.5. The molecule has 4 aromatic rings. The molecule has 7 heteroatoms. The molecule has 1 amide bonds. The summed E-state index contributed by atoms with van der Waals surface area (Å²) >= 11 is 0. The highest BCUT2D eigenvalue weighted by atomic mass is 19.1. The predicted octanol–water partition coefficient (Wildman–Crippen LogP) is 4.05. The van der Waals surface area contributed by atoms with E-state index in [2.05, 4.69) is 10.4 Å². The largest absolute Gasteiger partial charge is 0.367 e. The fourth-order valence-corrected chi connectivity index (χ4v) is 4.11. The van der Waals surface area contributed by atoms with E-state index in [4.69, 9.17) is 4.98 Å². The zero-order valence-electron chi connectivity index (χ0n) is 16.7. The van der Waals surface area contributed by atoms with Crippen molar-refractivity contribution < 1.29 is 9.18 Å². The Morgan fingerprint density at radius 2 is 1.83 bits per heavy atom. The molecule has 0 saturated carbocycles. The smallest absolute Gasteiger partial charge is 0.256 e. The third kappa shape index (κ3) is 3.26. The van der Waals surface area contributed by atoms with Crippen LogP contribution in [0.15, 0.2) is 54.6 Å². The van der Waals surface area contributed by atoms with Crippen molar-refractivity contribution in [3.05, 3.63) is 71.7 Å². The third-order valence-electron chi connectivity index (χ3n) is 5.65. The van der Waals surface area contributed by atoms with E-state index in [9.17, 15) is 9.18 Å². The van der Waals surface area contributed by atoms with Gasteiger partial charge in [-0.25, -0.2) is 13.9 Å². The summed E-state index contributed by atoms with van der Waals surface area (Å²) in [6, 6.07) is 16.4. The number of fused-ring (bicyclic) bond motifs is 3. The van der Waals surface area contributed by atoms with E-state index in [1.165, 1.54) is 6.07 Å². The number of hydrogen-bond acceptors (Lipinski definition) is 4. The van der Waals surface area contributed by atoms with Crippen molar-refractivity contribution in [2.24, 2.45) is 0 Å². The van der Waals surface area contributed by atoms with E-state index in [0.717, 1.165) is 40.9 Å². The standard InChI is InChI=1S/C23H22FN5O/c1-15-14-21-26-22(18-7-3-5-9-20(18)29(21)27-15)25-16-10-12-28(13-11-16)23(30)17-6-2-4-8-19(17)24/h2-9,14,16H,10-13H2,1H3,(H,25,26). The number of para-hydroxylation sites is 1. The average Bonchev–Trinajstić information content (AvgIpc) is 3.15. The molecule has 2 aromatic carbocycles. The van der Waals surface area contributed by atoms with Crippen LogP contribution >= 0.6 is 0 Å². The molecule has 0 spiro atoms. The Hall–Kier alpha value is -3.48. The highest BCUT2D eigenvalue weighted by Gasteiger charge is 2.25. The van der Waals surface area contributed by atoms with Gasteiger partial charge in [0, 0.05) is 30.6 Å². The Balaban J connectivity index is 1.35. The molecule has 1 aliphatic rings. The molecular formula is C23H22FN5O. The second-order valence-corrected chi connectivity index (χ2v) is 7.72. The number of likely N-dealkylation sites (tertiary alicyclic amines) is 1. The number of hydrogen-bond donors (Lipinski definition) is 1. The topological polar surface area (TPSA) is 62.5 Å². The van der Waals surface area contributed by atoms with E-state index in [-0.39, 0.29) is 17.5 Å². The van der Waals surface area contributed by atoms with Gasteiger partial charge >= 0.3 is 0 Å². The second kappa shape index (κ2) is 7.40. The number of nitrogens with one attached hydrogen (secondary N) is 1. The van der Waals surface area contributed by atoms with Crippen molar-refractivity contribution in [3.8, 4) is 0 Å². The van der Waals surface area contributed by atoms with Gasteiger partial charge in [-0.05, 0) is 44.0 Å². The predicted molar refractivity (Wildman–Crippen MR) is 114 cm³/mol. The molecule has 1 fully saturated rings. The van der Waals surface area contributed by atoms with Crippen LogP contribution in [-0.2, 0) is 0 Å². The fourth-order valence-electron chi connectivity index (χ4n) is 4.11. The van der Waals surface area contributed by atoms with Gasteiger partial charge in [0.05, 0.1) is 16.8 Å². The first-order chi connectivity index (χ1) is 14.6. The maximum Gasteiger partial charge on any atom is 0.256 e. The van der Waals surface area contributed by atoms with Crippen LogP contribution in [0.25, 0.3) is 16.6 Å². The summed E-state index contributed by atoms with van der Waals surface area (Å²) in [5, 5.41) is 9.13. The number of benzene rings is 2. The molecule has 3 heterocycles. The maximum absolute atomic E-state index is 14.0. The number of anilines is 1. The van der Waals surface area contributed by atoms with E-state index in [1.54, 1.807) is 23.1 Å². The second-order valence-electron chi connectivity index (χ2n) is 7.72. The lowest BCUT2D eigenvalue weighted by atomic mass is 10.0. The Labute approximate surface area is 173 Å². The molecule has 0 bridgehead atoms. The summed E-state index contributed by atoms with van der Waals surface area (Å²) < 4.78 is 15.8. The lowest BCUT2D eigenvalue weighted by Crippen LogP contribution is -2.42. The average molecular weight is 403 g/mol. The van der Waals surface area contributed by atoms with Gasteiger partial charge in [-0.3, -0.25) is 4.79 Å². The van der Waals surface area contributed by atoms with Crippen molar-refractivity contribution >= 4 is 28.3 Å². The maximum atomic E-state index is 14.0. The Morgan fingerprint density at radius 3 is 2.63 bits per heavy atom. The van der Waals surface area contributed by atoms with E-state index in [1.807, 2.05) is 41.8 Å². The van der Waals surface area contributed by atoms with Gasteiger partial charge in [0.2, 0.25) is 0 Å². The van der Waals surface area contributed by atoms with Crippen molar-refractivity contribution in [1.29, 1.82) is 0 Å². The summed E-state index contributed by atoms with van der Waals surface area (Å²) in [7, 11) is 0. The number of carbonyl (C=O) groups excluding carboxylic acids is 1. The zero-order valence-corrected chi connectivity index (χ0v) is 16.7. The third-order valence-corrected chi connectivity index (χ3v) is 5.65. The zero-order chi connectivity index (χ0) is 20.7. The Kier molecular flexibility index (Phi) is 4.58. The van der Waals surface area contributed by atoms with Gasteiger partial charge in [-0.1, -0.05) is 24.3 Å². The fraction of sp³-hybridized carbons (Fsp3) is 0.261. The van der Waals surface area contributed by atoms with Crippen molar-refractivity contribution in [3.63, 3.8) is 0 Å². The molecule has 1 aliphatic heterocycles. The summed E-state index contributed by atoms with van der Waals surface area (Å²) in [4.78, 5) is 19.2. The van der Waals surface area contributed by atoms with Crippen LogP contribution in [0, 0.1) is 12.7 Å². The molecule has 0 atom stereocenters. The molecule has 6 nitrogen and oxygen atoms in total. The molecule has 5 rings (SSSR count). The summed E-state index contributed by atoms with van der Waals surface area (Å²) in [6.07, 6.45) is 1.55. The number of aryl methyl sites for hydroxylation is 1. The first-order valence-electron chi connectivity index (χ1n) is 10.2. The normalized spacial score (nSPS) is 15.1. The van der Waals surface area contributed by atoms with Crippen molar-refractivity contribution in [2.75, 3.05) is 18.4 Å². The highest BCUT2D eigenvalue weighted by Crippen LogP contribution is 2.26. The minimum atomic E-state index is -0.470. The van der Waals surface area contributed by atoms with E-state index < -0.39 is 5.82 Å². The quantitative estimate of drug-likeness (QED) is 0.561. The number of rotatable bonds is 3. The molecule has 1 N–H and O–H groups in total. The van der Waals surface area contributed by atoms with Crippen LogP contribution in [0.3, 0.4) is 0 Å². The van der Waals surface area contributed by atoms with Crippen LogP contribution in [0.2, 0.25) is 0 Å². The van der Waals surface area contributed by atoms with Gasteiger partial charge in [0.15, 0.2) is 5.65 Å². The monoisotopic (exact) mass is 403 g/mol. The van der Waals surface area contributed by atoms with Gasteiger partial charge in [0.1, 0.15) is 11.6 Å². The number of halogens is 1. The molecule has 0 aliphatic carbocycles. The Bertz CT molecular complexity index is 1240. The number of nitrogens with zero attached hydrogens (tertiary/aromatic N) is 4. The van der Waals surface area contributed by atoms with Gasteiger partial charge in [0.25, 0.3) is 5.91 Å². The van der Waals surface area contributed by atoms with Gasteiger partial charge in [-0.15, -0.1) is 0 Å². The first-order valence-corrected chi connectivity index (χ1v) is 10.2. The van der Waals surface area contributed by atoms with Crippen molar-refractivity contribution in [1.82, 2.24) is 19.5 Å². The van der Waals surface area contributed by atoms with Crippen LogP contribution in [0.4, 0.5) is 10.2 Å². The molecule has 30 heavy (non-hydrogen) atoms. The number of carbonyl (C=O) groups is 1. The lowest BCUT2D eigenvalue weighted by Gasteiger charge is -2.33. The van der Waals surface area contributed by atoms with Crippen LogP contribution in [0.5, 0.6) is 0 Å². The number of piperidine rings is 1. The van der Waals surface area contributed by atoms with Gasteiger partial charge < -0.3 is 10.2 Å². The summed E-state index contributed by atoms with van der Waals surface area (Å²) in [6.45, 7) is 3.12. The van der Waals surface area contributed by atoms with Gasteiger partial charge in [-0.2, -0.15) is 5.10 Å². The lowest BCUT2D eigenvalue weighted by molar-refractivity contribution is 0.0713. The highest BCUT2D eigenvalue weighted by molar-refractivity contribution is 5.94. The molecule has 1 saturated heterocycles. The SMILES string of the molecule is Cc1cc2nc(NC3CCN(C(=O)c4ccccc4F)CC3)c3ccccc3n2n1. The minimum absolute atomic E-state index is 0.137. The molecule has 2 aromatic heterocycles. The van der Waals surface area contributed by atoms with E-state index >= 15 is 0 Å². The van der Waals surface area contributed by atoms with Crippen molar-refractivity contribution in [2.45, 2.75) is 25.8 Å². The summed E-state index contributed by atoms with van der Waals surface area (Å²) in [5.41, 5.74) is 2.87. The summed E-state index contributed by atoms with van der Waals surface area (Å²) in [5.74, 6) is 0.117. The molecule has 152 valence electrons. The van der Waals surface area contributed by atoms with Crippen LogP contribution in [0.1, 0.15) is 28.9 Å². The Morgan fingerprint density at radius 1 is 1.10 bits per heavy atom. The minimum Gasteiger partial charge on any atom is -0.367 e. The van der Waals surface area contributed by atoms with Crippen LogP contribution in [-0.4, -0.2) is 44.5 Å².